The van der Waals surface area contributed by atoms with Gasteiger partial charge in [0.05, 0.1) is 0 Å². The number of rotatable bonds is 5. The second-order valence-electron chi connectivity index (χ2n) is 5.01. The fraction of sp³-hybridized carbons (Fsp3) is 0.533. The van der Waals surface area contributed by atoms with Crippen LogP contribution in [0.3, 0.4) is 0 Å². The molecule has 19 heavy (non-hydrogen) atoms. The summed E-state index contributed by atoms with van der Waals surface area (Å²) < 4.78 is 5.67. The zero-order chi connectivity index (χ0) is 13.8. The predicted molar refractivity (Wildman–Crippen MR) is 75.1 cm³/mol. The van der Waals surface area contributed by atoms with E-state index in [2.05, 4.69) is 11.4 Å². The van der Waals surface area contributed by atoms with Gasteiger partial charge in [-0.15, -0.1) is 0 Å². The molecule has 2 rings (SSSR count). The highest BCUT2D eigenvalue weighted by molar-refractivity contribution is 5.79. The molecule has 1 aliphatic carbocycles. The maximum atomic E-state index is 11.2. The summed E-state index contributed by atoms with van der Waals surface area (Å²) in [6.45, 7) is 1.89. The molecule has 1 aliphatic rings. The highest BCUT2D eigenvalue weighted by atomic mass is 16.5. The Morgan fingerprint density at radius 1 is 1.58 bits per heavy atom. The maximum absolute atomic E-state index is 11.2. The molecule has 0 saturated carbocycles. The summed E-state index contributed by atoms with van der Waals surface area (Å²) in [4.78, 5) is 11.2. The fourth-order valence-corrected chi connectivity index (χ4v) is 2.67. The quantitative estimate of drug-likeness (QED) is 0.852. The van der Waals surface area contributed by atoms with E-state index >= 15 is 0 Å². The summed E-state index contributed by atoms with van der Waals surface area (Å²) in [5.41, 5.74) is 7.95. The Hall–Kier alpha value is -1.55. The number of carbonyl (C=O) groups excluding carboxylic acids is 1. The number of fused-ring (bicyclic) bond motifs is 1. The summed E-state index contributed by atoms with van der Waals surface area (Å²) in [6.07, 6.45) is 3.46. The number of benzene rings is 1. The number of nitrogens with one attached hydrogen (secondary N) is 1. The Bertz CT molecular complexity index is 459. The first-order valence-electron chi connectivity index (χ1n) is 6.91. The smallest absolute Gasteiger partial charge is 0.258 e. The van der Waals surface area contributed by atoms with Crippen LogP contribution in [0.5, 0.6) is 5.75 Å². The van der Waals surface area contributed by atoms with Gasteiger partial charge in [-0.2, -0.15) is 0 Å². The molecule has 0 saturated heterocycles. The van der Waals surface area contributed by atoms with Gasteiger partial charge in [0.15, 0.2) is 6.10 Å². The second-order valence-corrected chi connectivity index (χ2v) is 5.01. The summed E-state index contributed by atoms with van der Waals surface area (Å²) in [5.74, 6) is 0.328. The minimum atomic E-state index is -0.540. The van der Waals surface area contributed by atoms with Crippen molar-refractivity contribution in [1.29, 1.82) is 0 Å². The Morgan fingerprint density at radius 2 is 2.37 bits per heavy atom. The molecule has 0 spiro atoms. The normalized spacial score (nSPS) is 19.6. The highest BCUT2D eigenvalue weighted by Crippen LogP contribution is 2.32. The van der Waals surface area contributed by atoms with E-state index in [1.54, 1.807) is 0 Å². The Labute approximate surface area is 114 Å². The van der Waals surface area contributed by atoms with Crippen molar-refractivity contribution in [3.05, 3.63) is 29.3 Å². The molecule has 1 amide bonds. The standard InChI is InChI=1S/C15H22N2O2/c1-3-14(15(16)18)19-11-7-8-12-10(9-11)5-4-6-13(12)17-2/h7-9,13-14,17H,3-6H2,1-2H3,(H2,16,18). The van der Waals surface area contributed by atoms with Gasteiger partial charge in [0.2, 0.25) is 0 Å². The van der Waals surface area contributed by atoms with Gasteiger partial charge in [0.1, 0.15) is 5.75 Å². The third-order valence-corrected chi connectivity index (χ3v) is 3.74. The van der Waals surface area contributed by atoms with Gasteiger partial charge < -0.3 is 15.8 Å². The third-order valence-electron chi connectivity index (χ3n) is 3.74. The topological polar surface area (TPSA) is 64.3 Å². The number of primary amides is 1. The van der Waals surface area contributed by atoms with Crippen LogP contribution in [-0.4, -0.2) is 19.1 Å². The van der Waals surface area contributed by atoms with Gasteiger partial charge in [-0.3, -0.25) is 4.79 Å². The molecular formula is C15H22N2O2. The number of hydrogen-bond acceptors (Lipinski definition) is 3. The van der Waals surface area contributed by atoms with E-state index in [9.17, 15) is 4.79 Å². The van der Waals surface area contributed by atoms with E-state index in [0.29, 0.717) is 12.5 Å². The van der Waals surface area contributed by atoms with Crippen LogP contribution in [0.15, 0.2) is 18.2 Å². The van der Waals surface area contributed by atoms with E-state index in [1.165, 1.54) is 24.0 Å². The molecule has 0 fully saturated rings. The zero-order valence-corrected chi connectivity index (χ0v) is 11.6. The van der Waals surface area contributed by atoms with Crippen LogP contribution < -0.4 is 15.8 Å². The van der Waals surface area contributed by atoms with Gasteiger partial charge in [0.25, 0.3) is 5.91 Å². The van der Waals surface area contributed by atoms with Crippen molar-refractivity contribution in [2.24, 2.45) is 5.73 Å². The molecule has 1 aromatic carbocycles. The van der Waals surface area contributed by atoms with Crippen LogP contribution in [0.2, 0.25) is 0 Å². The van der Waals surface area contributed by atoms with Crippen LogP contribution in [0, 0.1) is 0 Å². The molecule has 0 bridgehead atoms. The Kier molecular flexibility index (Phi) is 4.43. The maximum Gasteiger partial charge on any atom is 0.258 e. The molecule has 0 aliphatic heterocycles. The van der Waals surface area contributed by atoms with Crippen LogP contribution in [-0.2, 0) is 11.2 Å². The van der Waals surface area contributed by atoms with Gasteiger partial charge in [0, 0.05) is 6.04 Å². The minimum absolute atomic E-state index is 0.409. The van der Waals surface area contributed by atoms with E-state index in [0.717, 1.165) is 12.2 Å². The summed E-state index contributed by atoms with van der Waals surface area (Å²) >= 11 is 0. The lowest BCUT2D eigenvalue weighted by atomic mass is 9.87. The number of ether oxygens (including phenoxy) is 1. The van der Waals surface area contributed by atoms with Crippen LogP contribution >= 0.6 is 0 Å². The molecule has 2 atom stereocenters. The van der Waals surface area contributed by atoms with Crippen molar-refractivity contribution in [1.82, 2.24) is 5.32 Å². The van der Waals surface area contributed by atoms with E-state index in [1.807, 2.05) is 26.1 Å². The lowest BCUT2D eigenvalue weighted by Crippen LogP contribution is -2.33. The first kappa shape index (κ1) is 13.9. The van der Waals surface area contributed by atoms with Crippen molar-refractivity contribution in [2.75, 3.05) is 7.05 Å². The van der Waals surface area contributed by atoms with Crippen LogP contribution in [0.25, 0.3) is 0 Å². The van der Waals surface area contributed by atoms with Gasteiger partial charge in [-0.1, -0.05) is 13.0 Å². The number of carbonyl (C=O) groups is 1. The molecule has 4 heteroatoms. The van der Waals surface area contributed by atoms with Crippen molar-refractivity contribution >= 4 is 5.91 Å². The first-order chi connectivity index (χ1) is 9.15. The monoisotopic (exact) mass is 262 g/mol. The van der Waals surface area contributed by atoms with Gasteiger partial charge in [-0.05, 0) is 56.0 Å². The predicted octanol–water partition coefficient (Wildman–Crippen LogP) is 1.93. The van der Waals surface area contributed by atoms with Crippen molar-refractivity contribution in [3.63, 3.8) is 0 Å². The largest absolute Gasteiger partial charge is 0.481 e. The second kappa shape index (κ2) is 6.06. The molecule has 0 heterocycles. The van der Waals surface area contributed by atoms with Crippen LogP contribution in [0.1, 0.15) is 43.4 Å². The molecule has 104 valence electrons. The zero-order valence-electron chi connectivity index (χ0n) is 11.6. The average molecular weight is 262 g/mol. The summed E-state index contributed by atoms with van der Waals surface area (Å²) in [6, 6.07) is 6.50. The van der Waals surface area contributed by atoms with Crippen molar-refractivity contribution < 1.29 is 9.53 Å². The van der Waals surface area contributed by atoms with E-state index in [-0.39, 0.29) is 0 Å². The summed E-state index contributed by atoms with van der Waals surface area (Å²) in [7, 11) is 1.99. The molecule has 0 aromatic heterocycles. The lowest BCUT2D eigenvalue weighted by molar-refractivity contribution is -0.124. The number of nitrogens with two attached hydrogens (primary N) is 1. The minimum Gasteiger partial charge on any atom is -0.481 e. The number of aryl methyl sites for hydroxylation is 1. The van der Waals surface area contributed by atoms with E-state index < -0.39 is 12.0 Å². The Morgan fingerprint density at radius 3 is 3.00 bits per heavy atom. The molecular weight excluding hydrogens is 240 g/mol. The number of amides is 1. The van der Waals surface area contributed by atoms with Crippen molar-refractivity contribution in [3.8, 4) is 5.75 Å². The summed E-state index contributed by atoms with van der Waals surface area (Å²) in [5, 5.41) is 3.33. The van der Waals surface area contributed by atoms with Gasteiger partial charge >= 0.3 is 0 Å². The molecule has 3 N–H and O–H groups in total. The molecule has 4 nitrogen and oxygen atoms in total. The molecule has 1 aromatic rings. The van der Waals surface area contributed by atoms with E-state index in [4.69, 9.17) is 10.5 Å². The average Bonchev–Trinajstić information content (AvgIpc) is 2.43. The first-order valence-corrected chi connectivity index (χ1v) is 6.91. The highest BCUT2D eigenvalue weighted by Gasteiger charge is 2.20. The number of hydrogen-bond donors (Lipinski definition) is 2. The molecule has 0 radical (unpaired) electrons. The third kappa shape index (κ3) is 3.07. The van der Waals surface area contributed by atoms with Gasteiger partial charge in [-0.25, -0.2) is 0 Å². The Balaban J connectivity index is 2.19. The van der Waals surface area contributed by atoms with Crippen LogP contribution in [0.4, 0.5) is 0 Å². The fourth-order valence-electron chi connectivity index (χ4n) is 2.67. The van der Waals surface area contributed by atoms with Crippen molar-refractivity contribution in [2.45, 2.75) is 44.8 Å². The molecule has 2 unspecified atom stereocenters. The lowest BCUT2D eigenvalue weighted by Gasteiger charge is -2.26. The SMILES string of the molecule is CCC(Oc1ccc2c(c1)CCCC2NC)C(N)=O.